The van der Waals surface area contributed by atoms with Gasteiger partial charge in [0.05, 0.1) is 17.7 Å². The van der Waals surface area contributed by atoms with E-state index in [1.165, 1.54) is 11.8 Å². The van der Waals surface area contributed by atoms with Crippen LogP contribution in [0.15, 0.2) is 46.9 Å². The van der Waals surface area contributed by atoms with Crippen LogP contribution in [0.4, 0.5) is 5.69 Å². The quantitative estimate of drug-likeness (QED) is 0.521. The second-order valence-electron chi connectivity index (χ2n) is 6.88. The number of rotatable bonds is 7. The molecule has 0 aliphatic carbocycles. The Kier molecular flexibility index (Phi) is 6.59. The number of aromatic nitrogens is 3. The first-order valence-corrected chi connectivity index (χ1v) is 11.8. The Labute approximate surface area is 184 Å². The fourth-order valence-electron chi connectivity index (χ4n) is 3.49. The van der Waals surface area contributed by atoms with E-state index in [2.05, 4.69) is 38.7 Å². The summed E-state index contributed by atoms with van der Waals surface area (Å²) in [6.07, 6.45) is 0. The van der Waals surface area contributed by atoms with E-state index in [4.69, 9.17) is 4.74 Å². The van der Waals surface area contributed by atoms with Gasteiger partial charge in [-0.2, -0.15) is 0 Å². The zero-order chi connectivity index (χ0) is 20.9. The largest absolute Gasteiger partial charge is 0.497 e. The molecule has 30 heavy (non-hydrogen) atoms. The molecule has 3 heterocycles. The SMILES string of the molecule is CCn1c(SCC(=O)N2CCN(c3ccc(OC)cc3)CC2)nnc1-c1cccs1. The standard InChI is InChI=1S/C21H25N5O2S2/c1-3-26-20(18-5-4-14-29-18)22-23-21(26)30-15-19(27)25-12-10-24(11-13-25)16-6-8-17(28-2)9-7-16/h4-9,14H,3,10-13,15H2,1-2H3. The van der Waals surface area contributed by atoms with E-state index in [1.807, 2.05) is 34.5 Å². The number of benzene rings is 1. The molecule has 7 nitrogen and oxygen atoms in total. The Balaban J connectivity index is 1.31. The third-order valence-corrected chi connectivity index (χ3v) is 6.99. The van der Waals surface area contributed by atoms with E-state index in [1.54, 1.807) is 18.4 Å². The lowest BCUT2D eigenvalue weighted by Gasteiger charge is -2.36. The third kappa shape index (κ3) is 4.46. The number of carbonyl (C=O) groups is 1. The number of carbonyl (C=O) groups excluding carboxylic acids is 1. The maximum Gasteiger partial charge on any atom is 0.233 e. The molecule has 1 aromatic carbocycles. The van der Waals surface area contributed by atoms with Gasteiger partial charge in [-0.15, -0.1) is 21.5 Å². The number of hydrogen-bond acceptors (Lipinski definition) is 7. The van der Waals surface area contributed by atoms with E-state index in [0.717, 1.165) is 60.0 Å². The first kappa shape index (κ1) is 20.7. The molecular formula is C21H25N5O2S2. The second kappa shape index (κ2) is 9.53. The number of ether oxygens (including phenoxy) is 1. The number of thiophene rings is 1. The van der Waals surface area contributed by atoms with E-state index >= 15 is 0 Å². The molecule has 1 amide bonds. The Morgan fingerprint density at radius 3 is 2.53 bits per heavy atom. The van der Waals surface area contributed by atoms with Gasteiger partial charge in [-0.25, -0.2) is 0 Å². The van der Waals surface area contributed by atoms with Crippen molar-refractivity contribution in [3.8, 4) is 16.5 Å². The molecular weight excluding hydrogens is 418 g/mol. The summed E-state index contributed by atoms with van der Waals surface area (Å²) in [7, 11) is 1.67. The van der Waals surface area contributed by atoms with Crippen LogP contribution in [0.25, 0.3) is 10.7 Å². The van der Waals surface area contributed by atoms with Crippen molar-refractivity contribution in [2.75, 3.05) is 43.9 Å². The van der Waals surface area contributed by atoms with Crippen LogP contribution in [0, 0.1) is 0 Å². The minimum absolute atomic E-state index is 0.151. The first-order chi connectivity index (χ1) is 14.7. The molecule has 0 radical (unpaired) electrons. The van der Waals surface area contributed by atoms with Gasteiger partial charge >= 0.3 is 0 Å². The summed E-state index contributed by atoms with van der Waals surface area (Å²) in [5, 5.41) is 11.5. The predicted molar refractivity (Wildman–Crippen MR) is 122 cm³/mol. The molecule has 0 bridgehead atoms. The molecule has 0 unspecified atom stereocenters. The molecule has 0 N–H and O–H groups in total. The summed E-state index contributed by atoms with van der Waals surface area (Å²) in [6, 6.07) is 12.1. The first-order valence-electron chi connectivity index (χ1n) is 9.96. The van der Waals surface area contributed by atoms with Gasteiger partial charge in [-0.1, -0.05) is 17.8 Å². The molecule has 158 valence electrons. The highest BCUT2D eigenvalue weighted by Crippen LogP contribution is 2.27. The highest BCUT2D eigenvalue weighted by molar-refractivity contribution is 7.99. The Morgan fingerprint density at radius 1 is 1.13 bits per heavy atom. The van der Waals surface area contributed by atoms with Crippen LogP contribution in [0.3, 0.4) is 0 Å². The number of hydrogen-bond donors (Lipinski definition) is 0. The van der Waals surface area contributed by atoms with Crippen molar-refractivity contribution in [2.24, 2.45) is 0 Å². The van der Waals surface area contributed by atoms with Gasteiger partial charge in [0.2, 0.25) is 5.91 Å². The maximum absolute atomic E-state index is 12.7. The molecule has 1 saturated heterocycles. The van der Waals surface area contributed by atoms with Crippen molar-refractivity contribution < 1.29 is 9.53 Å². The van der Waals surface area contributed by atoms with Crippen LogP contribution in [0.5, 0.6) is 5.75 Å². The lowest BCUT2D eigenvalue weighted by Crippen LogP contribution is -2.49. The minimum atomic E-state index is 0.151. The summed E-state index contributed by atoms with van der Waals surface area (Å²) in [4.78, 5) is 18.1. The normalized spacial score (nSPS) is 14.2. The van der Waals surface area contributed by atoms with Crippen LogP contribution < -0.4 is 9.64 Å². The zero-order valence-corrected chi connectivity index (χ0v) is 18.8. The number of amides is 1. The van der Waals surface area contributed by atoms with Gasteiger partial charge in [0.15, 0.2) is 11.0 Å². The van der Waals surface area contributed by atoms with E-state index in [9.17, 15) is 4.79 Å². The minimum Gasteiger partial charge on any atom is -0.497 e. The van der Waals surface area contributed by atoms with Crippen LogP contribution >= 0.6 is 23.1 Å². The molecule has 1 fully saturated rings. The summed E-state index contributed by atoms with van der Waals surface area (Å²) >= 11 is 3.11. The Bertz CT molecular complexity index is 964. The number of piperazine rings is 1. The van der Waals surface area contributed by atoms with Crippen LogP contribution in [-0.2, 0) is 11.3 Å². The average Bonchev–Trinajstić information content (AvgIpc) is 3.47. The monoisotopic (exact) mass is 443 g/mol. The topological polar surface area (TPSA) is 63.5 Å². The van der Waals surface area contributed by atoms with E-state index < -0.39 is 0 Å². The molecule has 0 atom stereocenters. The van der Waals surface area contributed by atoms with Crippen molar-refractivity contribution in [3.63, 3.8) is 0 Å². The fourth-order valence-corrected chi connectivity index (χ4v) is 5.12. The van der Waals surface area contributed by atoms with Crippen molar-refractivity contribution in [2.45, 2.75) is 18.6 Å². The van der Waals surface area contributed by atoms with E-state index in [0.29, 0.717) is 5.75 Å². The molecule has 1 aliphatic heterocycles. The van der Waals surface area contributed by atoms with Gasteiger partial charge in [0.25, 0.3) is 0 Å². The fraction of sp³-hybridized carbons (Fsp3) is 0.381. The lowest BCUT2D eigenvalue weighted by atomic mass is 10.2. The smallest absolute Gasteiger partial charge is 0.233 e. The van der Waals surface area contributed by atoms with Crippen LogP contribution in [-0.4, -0.2) is 64.6 Å². The van der Waals surface area contributed by atoms with Gasteiger partial charge in [-0.05, 0) is 42.6 Å². The van der Waals surface area contributed by atoms with Gasteiger partial charge < -0.3 is 19.1 Å². The molecule has 2 aromatic heterocycles. The molecule has 4 rings (SSSR count). The molecule has 3 aromatic rings. The van der Waals surface area contributed by atoms with Gasteiger partial charge in [0.1, 0.15) is 5.75 Å². The Morgan fingerprint density at radius 2 is 1.90 bits per heavy atom. The molecule has 0 spiro atoms. The summed E-state index contributed by atoms with van der Waals surface area (Å²) in [5.41, 5.74) is 1.16. The highest BCUT2D eigenvalue weighted by Gasteiger charge is 2.22. The third-order valence-electron chi connectivity index (χ3n) is 5.17. The van der Waals surface area contributed by atoms with Crippen molar-refractivity contribution >= 4 is 34.7 Å². The lowest BCUT2D eigenvalue weighted by molar-refractivity contribution is -0.128. The molecule has 0 saturated carbocycles. The second-order valence-corrected chi connectivity index (χ2v) is 8.77. The van der Waals surface area contributed by atoms with Crippen molar-refractivity contribution in [1.29, 1.82) is 0 Å². The number of nitrogens with zero attached hydrogens (tertiary/aromatic N) is 5. The van der Waals surface area contributed by atoms with Crippen LogP contribution in [0.1, 0.15) is 6.92 Å². The summed E-state index contributed by atoms with van der Waals surface area (Å²) in [5.74, 6) is 2.26. The maximum atomic E-state index is 12.7. The van der Waals surface area contributed by atoms with Crippen LogP contribution in [0.2, 0.25) is 0 Å². The predicted octanol–water partition coefficient (Wildman–Crippen LogP) is 3.48. The number of anilines is 1. The summed E-state index contributed by atoms with van der Waals surface area (Å²) < 4.78 is 7.30. The zero-order valence-electron chi connectivity index (χ0n) is 17.2. The van der Waals surface area contributed by atoms with Crippen molar-refractivity contribution in [3.05, 3.63) is 41.8 Å². The van der Waals surface area contributed by atoms with Crippen molar-refractivity contribution in [1.82, 2.24) is 19.7 Å². The van der Waals surface area contributed by atoms with Gasteiger partial charge in [0, 0.05) is 38.4 Å². The van der Waals surface area contributed by atoms with E-state index in [-0.39, 0.29) is 5.91 Å². The number of thioether (sulfide) groups is 1. The molecule has 9 heteroatoms. The van der Waals surface area contributed by atoms with Gasteiger partial charge in [-0.3, -0.25) is 4.79 Å². The Hall–Kier alpha value is -2.52. The average molecular weight is 444 g/mol. The highest BCUT2D eigenvalue weighted by atomic mass is 32.2. The molecule has 1 aliphatic rings. The summed E-state index contributed by atoms with van der Waals surface area (Å²) in [6.45, 7) is 5.97. The number of methoxy groups -OCH3 is 1.